The average molecular weight is 490 g/mol. The summed E-state index contributed by atoms with van der Waals surface area (Å²) < 4.78 is 7.49. The number of hydrogen-bond donors (Lipinski definition) is 0. The summed E-state index contributed by atoms with van der Waals surface area (Å²) in [5.41, 5.74) is 0.986. The topological polar surface area (TPSA) is 54.8 Å². The summed E-state index contributed by atoms with van der Waals surface area (Å²) in [6, 6.07) is 11.9. The fraction of sp³-hybridized carbons (Fsp3) is 0.556. The van der Waals surface area contributed by atoms with Crippen molar-refractivity contribution in [3.8, 4) is 5.75 Å². The van der Waals surface area contributed by atoms with E-state index in [1.165, 1.54) is 0 Å². The van der Waals surface area contributed by atoms with Crippen LogP contribution in [0.3, 0.4) is 0 Å². The number of amides is 2. The molecule has 188 valence electrons. The Balaban J connectivity index is 2.26. The van der Waals surface area contributed by atoms with Crippen molar-refractivity contribution in [1.29, 1.82) is 0 Å². The van der Waals surface area contributed by atoms with Gasteiger partial charge in [0.05, 0.1) is 19.1 Å². The SMILES string of the molecule is COc1cccc(Cn2cccc2CN(C(=O)CN(C(=O)C(C)(C)CCl)C(C)C)C(C)(C)C)c1. The number of rotatable bonds is 10. The van der Waals surface area contributed by atoms with E-state index in [9.17, 15) is 9.59 Å². The Morgan fingerprint density at radius 2 is 1.76 bits per heavy atom. The zero-order valence-electron chi connectivity index (χ0n) is 21.9. The molecule has 0 fully saturated rings. The molecule has 0 unspecified atom stereocenters. The fourth-order valence-electron chi connectivity index (χ4n) is 3.74. The molecule has 0 atom stereocenters. The van der Waals surface area contributed by atoms with Gasteiger partial charge in [0.25, 0.3) is 0 Å². The van der Waals surface area contributed by atoms with Crippen molar-refractivity contribution < 1.29 is 14.3 Å². The summed E-state index contributed by atoms with van der Waals surface area (Å²) in [6.45, 7) is 14.7. The number of ether oxygens (including phenoxy) is 1. The van der Waals surface area contributed by atoms with Crippen molar-refractivity contribution in [3.05, 3.63) is 53.9 Å². The first-order valence-corrected chi connectivity index (χ1v) is 12.3. The summed E-state index contributed by atoms with van der Waals surface area (Å²) in [5.74, 6) is 0.815. The molecule has 0 saturated carbocycles. The number of halogens is 1. The summed E-state index contributed by atoms with van der Waals surface area (Å²) in [4.78, 5) is 30.2. The highest BCUT2D eigenvalue weighted by Gasteiger charge is 2.36. The molecule has 1 heterocycles. The quantitative estimate of drug-likeness (QED) is 0.432. The van der Waals surface area contributed by atoms with Crippen molar-refractivity contribution in [3.63, 3.8) is 0 Å². The lowest BCUT2D eigenvalue weighted by atomic mass is 9.93. The second-order valence-corrected chi connectivity index (χ2v) is 10.9. The van der Waals surface area contributed by atoms with Crippen LogP contribution in [0.1, 0.15) is 59.7 Å². The van der Waals surface area contributed by atoms with Crippen LogP contribution in [-0.2, 0) is 22.7 Å². The maximum absolute atomic E-state index is 13.6. The second kappa shape index (κ2) is 11.3. The average Bonchev–Trinajstić information content (AvgIpc) is 3.20. The van der Waals surface area contributed by atoms with E-state index in [-0.39, 0.29) is 30.3 Å². The molecule has 0 aliphatic heterocycles. The van der Waals surface area contributed by atoms with Crippen molar-refractivity contribution in [1.82, 2.24) is 14.4 Å². The Morgan fingerprint density at radius 3 is 2.32 bits per heavy atom. The molecule has 0 aliphatic rings. The van der Waals surface area contributed by atoms with Gasteiger partial charge in [0.2, 0.25) is 11.8 Å². The van der Waals surface area contributed by atoms with Crippen LogP contribution >= 0.6 is 11.6 Å². The van der Waals surface area contributed by atoms with Gasteiger partial charge >= 0.3 is 0 Å². The molecular weight excluding hydrogens is 450 g/mol. The number of nitrogens with zero attached hydrogens (tertiary/aromatic N) is 3. The molecule has 0 N–H and O–H groups in total. The lowest BCUT2D eigenvalue weighted by Gasteiger charge is -2.39. The predicted molar refractivity (Wildman–Crippen MR) is 138 cm³/mol. The van der Waals surface area contributed by atoms with Crippen LogP contribution in [-0.4, -0.2) is 57.3 Å². The summed E-state index contributed by atoms with van der Waals surface area (Å²) in [6.07, 6.45) is 2.02. The summed E-state index contributed by atoms with van der Waals surface area (Å²) in [5, 5.41) is 0. The number of benzene rings is 1. The van der Waals surface area contributed by atoms with Crippen LogP contribution in [0, 0.1) is 5.41 Å². The zero-order valence-corrected chi connectivity index (χ0v) is 22.6. The third-order valence-electron chi connectivity index (χ3n) is 5.94. The van der Waals surface area contributed by atoms with Crippen LogP contribution in [0.2, 0.25) is 0 Å². The Bertz CT molecular complexity index is 975. The fourth-order valence-corrected chi connectivity index (χ4v) is 3.86. The number of carbonyl (C=O) groups is 2. The number of alkyl halides is 1. The number of methoxy groups -OCH3 is 1. The highest BCUT2D eigenvalue weighted by Crippen LogP contribution is 2.24. The first-order valence-electron chi connectivity index (χ1n) is 11.7. The van der Waals surface area contributed by atoms with E-state index < -0.39 is 11.0 Å². The van der Waals surface area contributed by atoms with Gasteiger partial charge in [0.15, 0.2) is 0 Å². The van der Waals surface area contributed by atoms with Gasteiger partial charge < -0.3 is 19.1 Å². The normalized spacial score (nSPS) is 12.1. The molecule has 2 aromatic rings. The van der Waals surface area contributed by atoms with E-state index in [4.69, 9.17) is 16.3 Å². The molecule has 34 heavy (non-hydrogen) atoms. The second-order valence-electron chi connectivity index (χ2n) is 10.7. The van der Waals surface area contributed by atoms with Gasteiger partial charge in [-0.2, -0.15) is 0 Å². The van der Waals surface area contributed by atoms with Crippen LogP contribution in [0.4, 0.5) is 0 Å². The molecule has 2 amide bonds. The third-order valence-corrected chi connectivity index (χ3v) is 6.61. The van der Waals surface area contributed by atoms with E-state index in [0.717, 1.165) is 17.0 Å². The largest absolute Gasteiger partial charge is 0.497 e. The van der Waals surface area contributed by atoms with Gasteiger partial charge in [-0.05, 0) is 78.3 Å². The number of hydrogen-bond acceptors (Lipinski definition) is 3. The molecule has 0 spiro atoms. The lowest BCUT2D eigenvalue weighted by molar-refractivity contribution is -0.149. The zero-order chi connectivity index (χ0) is 25.7. The van der Waals surface area contributed by atoms with Crippen molar-refractivity contribution in [2.45, 2.75) is 73.1 Å². The molecule has 0 saturated heterocycles. The highest BCUT2D eigenvalue weighted by molar-refractivity contribution is 6.19. The van der Waals surface area contributed by atoms with Crippen molar-refractivity contribution >= 4 is 23.4 Å². The minimum Gasteiger partial charge on any atom is -0.497 e. The van der Waals surface area contributed by atoms with Gasteiger partial charge in [-0.15, -0.1) is 11.6 Å². The molecule has 7 heteroatoms. The molecule has 0 bridgehead atoms. The highest BCUT2D eigenvalue weighted by atomic mass is 35.5. The Hall–Kier alpha value is -2.47. The molecule has 2 rings (SSSR count). The van der Waals surface area contributed by atoms with Gasteiger partial charge in [0, 0.05) is 35.9 Å². The Morgan fingerprint density at radius 1 is 1.09 bits per heavy atom. The molecule has 1 aromatic heterocycles. The van der Waals surface area contributed by atoms with E-state index >= 15 is 0 Å². The predicted octanol–water partition coefficient (Wildman–Crippen LogP) is 5.17. The maximum atomic E-state index is 13.6. The van der Waals surface area contributed by atoms with Crippen molar-refractivity contribution in [2.75, 3.05) is 19.5 Å². The molecule has 0 aliphatic carbocycles. The summed E-state index contributed by atoms with van der Waals surface area (Å²) >= 11 is 6.05. The number of aromatic nitrogens is 1. The first kappa shape index (κ1) is 27.8. The van der Waals surface area contributed by atoms with E-state index in [2.05, 4.69) is 10.6 Å². The Kier molecular flexibility index (Phi) is 9.23. The minimum atomic E-state index is -0.732. The molecule has 6 nitrogen and oxygen atoms in total. The van der Waals surface area contributed by atoms with E-state index in [0.29, 0.717) is 13.1 Å². The van der Waals surface area contributed by atoms with Crippen LogP contribution in [0.5, 0.6) is 5.75 Å². The van der Waals surface area contributed by atoms with Crippen LogP contribution < -0.4 is 4.74 Å². The number of carbonyl (C=O) groups excluding carboxylic acids is 2. The first-order chi connectivity index (χ1) is 15.8. The summed E-state index contributed by atoms with van der Waals surface area (Å²) in [7, 11) is 1.66. The Labute approximate surface area is 209 Å². The van der Waals surface area contributed by atoms with Gasteiger partial charge in [-0.1, -0.05) is 12.1 Å². The van der Waals surface area contributed by atoms with Gasteiger partial charge in [-0.3, -0.25) is 9.59 Å². The van der Waals surface area contributed by atoms with Gasteiger partial charge in [-0.25, -0.2) is 0 Å². The van der Waals surface area contributed by atoms with E-state index in [1.54, 1.807) is 12.0 Å². The lowest BCUT2D eigenvalue weighted by Crippen LogP contribution is -2.53. The molecule has 0 radical (unpaired) electrons. The monoisotopic (exact) mass is 489 g/mol. The standard InChI is InChI=1S/C27H40ClN3O3/c1-20(2)30(25(33)27(6,7)19-28)18-24(32)31(26(3,4)5)17-22-12-10-14-29(22)16-21-11-9-13-23(15-21)34-8/h9-15,20H,16-19H2,1-8H3. The van der Waals surface area contributed by atoms with Crippen LogP contribution in [0.15, 0.2) is 42.6 Å². The van der Waals surface area contributed by atoms with Gasteiger partial charge in [0.1, 0.15) is 12.3 Å². The van der Waals surface area contributed by atoms with E-state index in [1.807, 2.05) is 89.9 Å². The third kappa shape index (κ3) is 7.02. The smallest absolute Gasteiger partial charge is 0.242 e. The molecule has 1 aromatic carbocycles. The molecular formula is C27H40ClN3O3. The maximum Gasteiger partial charge on any atom is 0.242 e. The van der Waals surface area contributed by atoms with Crippen LogP contribution in [0.25, 0.3) is 0 Å². The van der Waals surface area contributed by atoms with Crippen molar-refractivity contribution in [2.24, 2.45) is 5.41 Å². The minimum absolute atomic E-state index is 0.0185.